The van der Waals surface area contributed by atoms with Crippen molar-refractivity contribution >= 4 is 17.7 Å². The molecule has 3 heterocycles. The fourth-order valence-corrected chi connectivity index (χ4v) is 2.61. The zero-order valence-corrected chi connectivity index (χ0v) is 14.1. The van der Waals surface area contributed by atoms with E-state index in [-0.39, 0.29) is 5.95 Å². The lowest BCUT2D eigenvalue weighted by molar-refractivity contribution is 0.410. The summed E-state index contributed by atoms with van der Waals surface area (Å²) < 4.78 is 12.0. The highest BCUT2D eigenvalue weighted by molar-refractivity contribution is 5.52. The first-order valence-electron chi connectivity index (χ1n) is 8.04. The summed E-state index contributed by atoms with van der Waals surface area (Å²) in [5.74, 6) is 2.74. The number of aromatic nitrogens is 5. The van der Waals surface area contributed by atoms with Crippen LogP contribution in [0.25, 0.3) is 17.4 Å². The van der Waals surface area contributed by atoms with Crippen LogP contribution in [0.5, 0.6) is 5.75 Å². The van der Waals surface area contributed by atoms with E-state index in [1.165, 1.54) is 4.52 Å². The van der Waals surface area contributed by atoms with Crippen LogP contribution in [0.15, 0.2) is 47.1 Å². The normalized spacial score (nSPS) is 11.0. The lowest BCUT2D eigenvalue weighted by Crippen LogP contribution is -2.12. The first-order chi connectivity index (χ1) is 12.7. The van der Waals surface area contributed by atoms with Gasteiger partial charge in [-0.15, -0.1) is 5.10 Å². The molecule has 3 aromatic heterocycles. The van der Waals surface area contributed by atoms with Crippen molar-refractivity contribution < 1.29 is 9.15 Å². The van der Waals surface area contributed by atoms with Crippen LogP contribution in [0.2, 0.25) is 0 Å². The van der Waals surface area contributed by atoms with Gasteiger partial charge in [-0.25, -0.2) is 0 Å². The molecule has 132 valence electrons. The van der Waals surface area contributed by atoms with Crippen LogP contribution in [0.4, 0.5) is 11.9 Å². The van der Waals surface area contributed by atoms with Crippen molar-refractivity contribution in [3.05, 3.63) is 48.2 Å². The van der Waals surface area contributed by atoms with E-state index in [1.807, 2.05) is 24.3 Å². The third kappa shape index (κ3) is 3.02. The lowest BCUT2D eigenvalue weighted by Gasteiger charge is -2.09. The van der Waals surface area contributed by atoms with Gasteiger partial charge in [-0.3, -0.25) is 0 Å². The maximum absolute atomic E-state index is 5.97. The highest BCUT2D eigenvalue weighted by Gasteiger charge is 2.13. The first kappa shape index (κ1) is 15.9. The van der Waals surface area contributed by atoms with E-state index in [0.29, 0.717) is 29.9 Å². The topological polar surface area (TPSA) is 116 Å². The molecule has 0 aliphatic carbocycles. The number of benzene rings is 1. The Labute approximate surface area is 148 Å². The Balaban J connectivity index is 1.52. The fraction of sp³-hybridized carbons (Fsp3) is 0.176. The van der Waals surface area contributed by atoms with E-state index in [0.717, 1.165) is 17.7 Å². The maximum Gasteiger partial charge on any atom is 0.259 e. The number of furan rings is 1. The van der Waals surface area contributed by atoms with Crippen LogP contribution >= 0.6 is 0 Å². The Morgan fingerprint density at radius 1 is 1.15 bits per heavy atom. The quantitative estimate of drug-likeness (QED) is 0.542. The first-order valence-corrected chi connectivity index (χ1v) is 8.04. The third-order valence-corrected chi connectivity index (χ3v) is 3.84. The van der Waals surface area contributed by atoms with E-state index in [2.05, 4.69) is 25.4 Å². The average Bonchev–Trinajstić information content (AvgIpc) is 3.31. The average molecular weight is 351 g/mol. The van der Waals surface area contributed by atoms with Gasteiger partial charge in [0.15, 0.2) is 5.76 Å². The molecule has 9 heteroatoms. The number of rotatable bonds is 6. The number of methoxy groups -OCH3 is 1. The number of ether oxygens (including phenoxy) is 1. The highest BCUT2D eigenvalue weighted by Crippen LogP contribution is 2.19. The molecule has 1 aromatic carbocycles. The SMILES string of the molecule is COc1ccccc1CCNc1nc(N)n2nc(-c3ccco3)nc2n1. The van der Waals surface area contributed by atoms with Crippen LogP contribution in [-0.2, 0) is 6.42 Å². The number of nitrogen functional groups attached to an aromatic ring is 1. The van der Waals surface area contributed by atoms with Gasteiger partial charge in [-0.2, -0.15) is 19.5 Å². The number of hydrogen-bond donors (Lipinski definition) is 2. The summed E-state index contributed by atoms with van der Waals surface area (Å²) in [5, 5.41) is 7.42. The van der Waals surface area contributed by atoms with Gasteiger partial charge in [0, 0.05) is 6.54 Å². The second-order valence-corrected chi connectivity index (χ2v) is 5.52. The van der Waals surface area contributed by atoms with Gasteiger partial charge < -0.3 is 20.2 Å². The van der Waals surface area contributed by atoms with Crippen molar-refractivity contribution in [2.75, 3.05) is 24.7 Å². The number of nitrogens with two attached hydrogens (primary N) is 1. The number of para-hydroxylation sites is 1. The molecular formula is C17H17N7O2. The van der Waals surface area contributed by atoms with Gasteiger partial charge in [-0.05, 0) is 30.2 Å². The van der Waals surface area contributed by atoms with Crippen LogP contribution in [-0.4, -0.2) is 38.2 Å². The second kappa shape index (κ2) is 6.71. The molecule has 0 saturated heterocycles. The van der Waals surface area contributed by atoms with Crippen LogP contribution < -0.4 is 15.8 Å². The van der Waals surface area contributed by atoms with Gasteiger partial charge in [0.25, 0.3) is 5.78 Å². The molecule has 0 amide bonds. The van der Waals surface area contributed by atoms with Gasteiger partial charge in [-0.1, -0.05) is 18.2 Å². The fourth-order valence-electron chi connectivity index (χ4n) is 2.61. The Morgan fingerprint density at radius 3 is 2.85 bits per heavy atom. The highest BCUT2D eigenvalue weighted by atomic mass is 16.5. The van der Waals surface area contributed by atoms with Crippen molar-refractivity contribution in [1.29, 1.82) is 0 Å². The second-order valence-electron chi connectivity index (χ2n) is 5.52. The predicted molar refractivity (Wildman–Crippen MR) is 95.9 cm³/mol. The Bertz CT molecular complexity index is 1030. The molecule has 0 bridgehead atoms. The summed E-state index contributed by atoms with van der Waals surface area (Å²) >= 11 is 0. The third-order valence-electron chi connectivity index (χ3n) is 3.84. The molecule has 4 aromatic rings. The zero-order valence-electron chi connectivity index (χ0n) is 14.1. The van der Waals surface area contributed by atoms with Crippen molar-refractivity contribution in [3.8, 4) is 17.3 Å². The number of anilines is 2. The molecular weight excluding hydrogens is 334 g/mol. The van der Waals surface area contributed by atoms with Crippen molar-refractivity contribution in [2.24, 2.45) is 0 Å². The Hall–Kier alpha value is -3.62. The largest absolute Gasteiger partial charge is 0.496 e. The molecule has 0 unspecified atom stereocenters. The van der Waals surface area contributed by atoms with E-state index in [9.17, 15) is 0 Å². The number of fused-ring (bicyclic) bond motifs is 1. The molecule has 0 aliphatic rings. The van der Waals surface area contributed by atoms with E-state index in [1.54, 1.807) is 25.5 Å². The van der Waals surface area contributed by atoms with Gasteiger partial charge in [0.1, 0.15) is 5.75 Å². The van der Waals surface area contributed by atoms with E-state index < -0.39 is 0 Å². The Morgan fingerprint density at radius 2 is 2.04 bits per heavy atom. The summed E-state index contributed by atoms with van der Waals surface area (Å²) in [6.45, 7) is 0.620. The summed E-state index contributed by atoms with van der Waals surface area (Å²) in [4.78, 5) is 12.9. The van der Waals surface area contributed by atoms with Crippen LogP contribution in [0.3, 0.4) is 0 Å². The smallest absolute Gasteiger partial charge is 0.259 e. The van der Waals surface area contributed by atoms with Crippen molar-refractivity contribution in [1.82, 2.24) is 24.6 Å². The molecule has 0 aliphatic heterocycles. The molecule has 0 atom stereocenters. The van der Waals surface area contributed by atoms with E-state index >= 15 is 0 Å². The molecule has 9 nitrogen and oxygen atoms in total. The minimum absolute atomic E-state index is 0.195. The van der Waals surface area contributed by atoms with Gasteiger partial charge in [0.2, 0.25) is 17.7 Å². The van der Waals surface area contributed by atoms with Crippen LogP contribution in [0.1, 0.15) is 5.56 Å². The maximum atomic E-state index is 5.97. The molecule has 3 N–H and O–H groups in total. The van der Waals surface area contributed by atoms with Crippen LogP contribution in [0, 0.1) is 0 Å². The molecule has 4 rings (SSSR count). The molecule has 0 fully saturated rings. The van der Waals surface area contributed by atoms with E-state index in [4.69, 9.17) is 14.9 Å². The number of nitrogens with zero attached hydrogens (tertiary/aromatic N) is 5. The predicted octanol–water partition coefficient (Wildman–Crippen LogP) is 2.02. The van der Waals surface area contributed by atoms with Crippen molar-refractivity contribution in [2.45, 2.75) is 6.42 Å². The van der Waals surface area contributed by atoms with Gasteiger partial charge in [0.05, 0.1) is 13.4 Å². The monoisotopic (exact) mass is 351 g/mol. The lowest BCUT2D eigenvalue weighted by atomic mass is 10.1. The molecule has 0 radical (unpaired) electrons. The summed E-state index contributed by atoms with van der Waals surface area (Å²) in [6, 6.07) is 11.4. The molecule has 0 saturated carbocycles. The number of hydrogen-bond acceptors (Lipinski definition) is 8. The minimum Gasteiger partial charge on any atom is -0.496 e. The zero-order chi connectivity index (χ0) is 17.9. The minimum atomic E-state index is 0.195. The molecule has 0 spiro atoms. The summed E-state index contributed by atoms with van der Waals surface area (Å²) in [7, 11) is 1.66. The van der Waals surface area contributed by atoms with Crippen molar-refractivity contribution in [3.63, 3.8) is 0 Å². The summed E-state index contributed by atoms with van der Waals surface area (Å²) in [5.41, 5.74) is 7.07. The standard InChI is InChI=1S/C17H17N7O2/c1-25-12-6-3-2-5-11(12)8-9-19-16-21-15(18)24-17(22-16)20-14(23-24)13-7-4-10-26-13/h2-7,10H,8-9H2,1H3,(H3,18,19,20,21,22,23). The molecule has 26 heavy (non-hydrogen) atoms. The summed E-state index contributed by atoms with van der Waals surface area (Å²) in [6.07, 6.45) is 2.31. The Kier molecular flexibility index (Phi) is 4.10. The number of nitrogens with one attached hydrogen (secondary N) is 1. The van der Waals surface area contributed by atoms with Gasteiger partial charge >= 0.3 is 0 Å².